The molecule has 0 spiro atoms. The van der Waals surface area contributed by atoms with E-state index in [9.17, 15) is 9.18 Å². The number of benzene rings is 1. The zero-order valence-corrected chi connectivity index (χ0v) is 8.53. The summed E-state index contributed by atoms with van der Waals surface area (Å²) in [4.78, 5) is 12.8. The molecule has 5 heteroatoms. The van der Waals surface area contributed by atoms with Crippen molar-refractivity contribution in [3.63, 3.8) is 0 Å². The van der Waals surface area contributed by atoms with Gasteiger partial charge in [0.1, 0.15) is 5.82 Å². The fraction of sp³-hybridized carbons (Fsp3) is 0.273. The molecule has 1 fully saturated rings. The Morgan fingerprint density at radius 1 is 1.50 bits per heavy atom. The number of anilines is 1. The van der Waals surface area contributed by atoms with E-state index in [0.29, 0.717) is 13.1 Å². The van der Waals surface area contributed by atoms with Crippen LogP contribution in [0.15, 0.2) is 18.2 Å². The molecule has 1 aromatic carbocycles. The second-order valence-corrected chi connectivity index (χ2v) is 3.52. The number of amides is 2. The van der Waals surface area contributed by atoms with E-state index in [4.69, 9.17) is 5.26 Å². The fourth-order valence-corrected chi connectivity index (χ4v) is 1.65. The lowest BCUT2D eigenvalue weighted by atomic mass is 10.2. The normalized spacial score (nSPS) is 15.5. The van der Waals surface area contributed by atoms with Gasteiger partial charge in [-0.1, -0.05) is 0 Å². The lowest BCUT2D eigenvalue weighted by Crippen LogP contribution is -2.46. The Morgan fingerprint density at radius 3 is 2.94 bits per heavy atom. The molecule has 1 aromatic rings. The van der Waals surface area contributed by atoms with Crippen molar-refractivity contribution in [2.75, 3.05) is 18.0 Å². The van der Waals surface area contributed by atoms with Gasteiger partial charge in [-0.25, -0.2) is 9.18 Å². The maximum atomic E-state index is 13.6. The molecule has 4 nitrogen and oxygen atoms in total. The number of hydrogen-bond acceptors (Lipinski definition) is 2. The van der Waals surface area contributed by atoms with E-state index in [1.165, 1.54) is 17.0 Å². The van der Waals surface area contributed by atoms with Crippen LogP contribution in [0.5, 0.6) is 0 Å². The van der Waals surface area contributed by atoms with Gasteiger partial charge in [0.15, 0.2) is 0 Å². The topological polar surface area (TPSA) is 56.1 Å². The zero-order valence-electron chi connectivity index (χ0n) is 8.53. The van der Waals surface area contributed by atoms with Gasteiger partial charge in [0.2, 0.25) is 0 Å². The molecule has 2 amide bonds. The first-order valence-corrected chi connectivity index (χ1v) is 4.97. The number of nitrogens with one attached hydrogen (secondary N) is 1. The van der Waals surface area contributed by atoms with E-state index in [1.54, 1.807) is 0 Å². The highest BCUT2D eigenvalue weighted by molar-refractivity contribution is 5.92. The summed E-state index contributed by atoms with van der Waals surface area (Å²) >= 11 is 0. The fourth-order valence-electron chi connectivity index (χ4n) is 1.65. The Morgan fingerprint density at radius 2 is 2.31 bits per heavy atom. The Labute approximate surface area is 92.3 Å². The van der Waals surface area contributed by atoms with Gasteiger partial charge >= 0.3 is 6.03 Å². The van der Waals surface area contributed by atoms with Gasteiger partial charge in [0, 0.05) is 13.1 Å². The number of carbonyl (C=O) groups is 1. The number of rotatable bonds is 1. The standard InChI is InChI=1S/C11H10FN3O/c12-9-6-8(7-13)2-3-10(9)15-5-1-4-14-11(15)16/h2-3,6H,1,4-5H2,(H,14,16). The van der Waals surface area contributed by atoms with Gasteiger partial charge in [-0.05, 0) is 24.6 Å². The molecule has 0 aliphatic carbocycles. The van der Waals surface area contributed by atoms with Crippen LogP contribution in [0, 0.1) is 17.1 Å². The number of carbonyl (C=O) groups excluding carboxylic acids is 1. The van der Waals surface area contributed by atoms with E-state index in [2.05, 4.69) is 5.32 Å². The number of nitrogens with zero attached hydrogens (tertiary/aromatic N) is 2. The summed E-state index contributed by atoms with van der Waals surface area (Å²) in [7, 11) is 0. The highest BCUT2D eigenvalue weighted by Crippen LogP contribution is 2.21. The molecule has 16 heavy (non-hydrogen) atoms. The smallest absolute Gasteiger partial charge is 0.321 e. The third kappa shape index (κ3) is 1.82. The maximum absolute atomic E-state index is 13.6. The summed E-state index contributed by atoms with van der Waals surface area (Å²) in [6, 6.07) is 5.65. The van der Waals surface area contributed by atoms with E-state index in [-0.39, 0.29) is 17.3 Å². The Hall–Kier alpha value is -2.09. The maximum Gasteiger partial charge on any atom is 0.321 e. The first-order chi connectivity index (χ1) is 7.72. The molecule has 0 bridgehead atoms. The van der Waals surface area contributed by atoms with Crippen molar-refractivity contribution >= 4 is 11.7 Å². The van der Waals surface area contributed by atoms with Crippen LogP contribution < -0.4 is 10.2 Å². The first-order valence-electron chi connectivity index (χ1n) is 4.97. The van der Waals surface area contributed by atoms with Gasteiger partial charge in [0.05, 0.1) is 17.3 Å². The Bertz CT molecular complexity index is 467. The molecule has 2 rings (SSSR count). The average Bonchev–Trinajstić information content (AvgIpc) is 2.30. The van der Waals surface area contributed by atoms with Crippen molar-refractivity contribution < 1.29 is 9.18 Å². The molecule has 0 radical (unpaired) electrons. The minimum Gasteiger partial charge on any atom is -0.338 e. The van der Waals surface area contributed by atoms with Crippen LogP contribution in [0.2, 0.25) is 0 Å². The van der Waals surface area contributed by atoms with Crippen molar-refractivity contribution in [3.05, 3.63) is 29.6 Å². The SMILES string of the molecule is N#Cc1ccc(N2CCCNC2=O)c(F)c1. The highest BCUT2D eigenvalue weighted by Gasteiger charge is 2.21. The summed E-state index contributed by atoms with van der Waals surface area (Å²) < 4.78 is 13.6. The van der Waals surface area contributed by atoms with Crippen LogP contribution in [-0.2, 0) is 0 Å². The van der Waals surface area contributed by atoms with Crippen LogP contribution in [0.1, 0.15) is 12.0 Å². The highest BCUT2D eigenvalue weighted by atomic mass is 19.1. The number of hydrogen-bond donors (Lipinski definition) is 1. The molecule has 0 unspecified atom stereocenters. The summed E-state index contributed by atoms with van der Waals surface area (Å²) in [5, 5.41) is 11.2. The quantitative estimate of drug-likeness (QED) is 0.780. The number of urea groups is 1. The van der Waals surface area contributed by atoms with Gasteiger partial charge in [-0.2, -0.15) is 5.26 Å². The third-order valence-electron chi connectivity index (χ3n) is 2.45. The van der Waals surface area contributed by atoms with Crippen LogP contribution in [-0.4, -0.2) is 19.1 Å². The van der Waals surface area contributed by atoms with Gasteiger partial charge < -0.3 is 5.32 Å². The molecule has 1 aliphatic rings. The van der Waals surface area contributed by atoms with Crippen molar-refractivity contribution in [2.45, 2.75) is 6.42 Å². The first kappa shape index (κ1) is 10.4. The second-order valence-electron chi connectivity index (χ2n) is 3.52. The summed E-state index contributed by atoms with van der Waals surface area (Å²) in [6.45, 7) is 1.11. The summed E-state index contributed by atoms with van der Waals surface area (Å²) in [6.07, 6.45) is 0.783. The van der Waals surface area contributed by atoms with Gasteiger partial charge in [0.25, 0.3) is 0 Å². The van der Waals surface area contributed by atoms with Crippen molar-refractivity contribution in [1.82, 2.24) is 5.32 Å². The van der Waals surface area contributed by atoms with E-state index < -0.39 is 5.82 Å². The predicted octanol–water partition coefficient (Wildman–Crippen LogP) is 1.62. The van der Waals surface area contributed by atoms with E-state index in [1.807, 2.05) is 6.07 Å². The van der Waals surface area contributed by atoms with Crippen molar-refractivity contribution in [1.29, 1.82) is 5.26 Å². The predicted molar refractivity (Wildman–Crippen MR) is 56.5 cm³/mol. The molecule has 1 aliphatic heterocycles. The Balaban J connectivity index is 2.33. The minimum atomic E-state index is -0.545. The van der Waals surface area contributed by atoms with E-state index in [0.717, 1.165) is 12.5 Å². The third-order valence-corrected chi connectivity index (χ3v) is 2.45. The largest absolute Gasteiger partial charge is 0.338 e. The number of halogens is 1. The second kappa shape index (κ2) is 4.19. The molecule has 0 aromatic heterocycles. The van der Waals surface area contributed by atoms with Crippen LogP contribution in [0.25, 0.3) is 0 Å². The molecule has 1 saturated heterocycles. The summed E-state index contributed by atoms with van der Waals surface area (Å²) in [5.41, 5.74) is 0.467. The molecule has 0 saturated carbocycles. The number of nitriles is 1. The van der Waals surface area contributed by atoms with Crippen LogP contribution in [0.3, 0.4) is 0 Å². The monoisotopic (exact) mass is 219 g/mol. The molecular formula is C11H10FN3O. The van der Waals surface area contributed by atoms with Gasteiger partial charge in [-0.3, -0.25) is 4.90 Å². The van der Waals surface area contributed by atoms with Crippen LogP contribution in [0.4, 0.5) is 14.9 Å². The lowest BCUT2D eigenvalue weighted by Gasteiger charge is -2.27. The molecule has 0 atom stereocenters. The zero-order chi connectivity index (χ0) is 11.5. The molecule has 1 N–H and O–H groups in total. The lowest BCUT2D eigenvalue weighted by molar-refractivity contribution is 0.242. The molecule has 1 heterocycles. The molecular weight excluding hydrogens is 209 g/mol. The molecule has 82 valence electrons. The van der Waals surface area contributed by atoms with Gasteiger partial charge in [-0.15, -0.1) is 0 Å². The van der Waals surface area contributed by atoms with Crippen LogP contribution >= 0.6 is 0 Å². The van der Waals surface area contributed by atoms with E-state index >= 15 is 0 Å². The van der Waals surface area contributed by atoms with Crippen molar-refractivity contribution in [2.24, 2.45) is 0 Å². The summed E-state index contributed by atoms with van der Waals surface area (Å²) in [5.74, 6) is -0.545. The van der Waals surface area contributed by atoms with Crippen molar-refractivity contribution in [3.8, 4) is 6.07 Å². The Kier molecular flexibility index (Phi) is 2.73. The minimum absolute atomic E-state index is 0.219. The average molecular weight is 219 g/mol.